The van der Waals surface area contributed by atoms with Gasteiger partial charge in [-0.2, -0.15) is 0 Å². The maximum Gasteiger partial charge on any atom is 0.191 e. The van der Waals surface area contributed by atoms with E-state index in [0.717, 1.165) is 70.6 Å². The van der Waals surface area contributed by atoms with Crippen molar-refractivity contribution in [1.82, 2.24) is 15.5 Å². The minimum Gasteiger partial charge on any atom is -0.497 e. The fraction of sp³-hybridized carbons (Fsp3) is 0.667. The van der Waals surface area contributed by atoms with Gasteiger partial charge in [-0.1, -0.05) is 12.1 Å². The Bertz CT molecular complexity index is 623. The second-order valence-electron chi connectivity index (χ2n) is 7.65. The molecule has 0 radical (unpaired) electrons. The van der Waals surface area contributed by atoms with E-state index in [1.165, 1.54) is 5.56 Å². The van der Waals surface area contributed by atoms with Crippen LogP contribution in [-0.4, -0.2) is 76.6 Å². The first-order valence-corrected chi connectivity index (χ1v) is 10.2. The lowest BCUT2D eigenvalue weighted by molar-refractivity contribution is 0.0167. The molecule has 2 aliphatic heterocycles. The van der Waals surface area contributed by atoms with Crippen molar-refractivity contribution in [2.75, 3.05) is 60.2 Å². The molecule has 0 amide bonds. The number of hydrogen-bond acceptors (Lipinski definition) is 5. The number of aliphatic imine (C=N–C) groups is 1. The summed E-state index contributed by atoms with van der Waals surface area (Å²) in [5, 5.41) is 6.94. The summed E-state index contributed by atoms with van der Waals surface area (Å²) in [6.07, 6.45) is 2.21. The third kappa shape index (κ3) is 5.59. The predicted molar refractivity (Wildman–Crippen MR) is 111 cm³/mol. The number of methoxy groups -OCH3 is 1. The molecule has 2 atom stereocenters. The van der Waals surface area contributed by atoms with Crippen LogP contribution in [-0.2, 0) is 9.47 Å². The van der Waals surface area contributed by atoms with Crippen LogP contribution < -0.4 is 15.4 Å². The predicted octanol–water partition coefficient (Wildman–Crippen LogP) is 1.80. The van der Waals surface area contributed by atoms with Crippen LogP contribution in [0.15, 0.2) is 29.3 Å². The van der Waals surface area contributed by atoms with E-state index in [-0.39, 0.29) is 11.6 Å². The monoisotopic (exact) mass is 390 g/mol. The van der Waals surface area contributed by atoms with Crippen LogP contribution in [0, 0.1) is 0 Å². The summed E-state index contributed by atoms with van der Waals surface area (Å²) in [4.78, 5) is 6.86. The highest BCUT2D eigenvalue weighted by Crippen LogP contribution is 2.25. The lowest BCUT2D eigenvalue weighted by Crippen LogP contribution is -2.49. The first-order valence-electron chi connectivity index (χ1n) is 10.2. The third-order valence-corrected chi connectivity index (χ3v) is 5.60. The van der Waals surface area contributed by atoms with Gasteiger partial charge in [-0.25, -0.2) is 0 Å². The number of morpholine rings is 1. The minimum absolute atomic E-state index is 0.1000. The SMILES string of the molecule is CN=C(NCC(c1ccc(OC)cc1)N1CCOCC1)NCC1(C)CCCO1. The van der Waals surface area contributed by atoms with Gasteiger partial charge in [0.2, 0.25) is 0 Å². The highest BCUT2D eigenvalue weighted by Gasteiger charge is 2.30. The largest absolute Gasteiger partial charge is 0.497 e. The first kappa shape index (κ1) is 20.9. The van der Waals surface area contributed by atoms with Gasteiger partial charge in [-0.15, -0.1) is 0 Å². The molecule has 7 heteroatoms. The highest BCUT2D eigenvalue weighted by atomic mass is 16.5. The molecule has 2 aliphatic rings. The molecule has 2 unspecified atom stereocenters. The number of rotatable bonds is 7. The average molecular weight is 391 g/mol. The number of benzene rings is 1. The summed E-state index contributed by atoms with van der Waals surface area (Å²) in [7, 11) is 3.50. The fourth-order valence-corrected chi connectivity index (χ4v) is 3.83. The zero-order valence-corrected chi connectivity index (χ0v) is 17.4. The number of guanidine groups is 1. The van der Waals surface area contributed by atoms with Crippen LogP contribution in [0.25, 0.3) is 0 Å². The van der Waals surface area contributed by atoms with Gasteiger partial charge >= 0.3 is 0 Å². The Labute approximate surface area is 168 Å². The van der Waals surface area contributed by atoms with Gasteiger partial charge in [-0.05, 0) is 37.5 Å². The maximum absolute atomic E-state index is 5.87. The maximum atomic E-state index is 5.87. The Hall–Kier alpha value is -1.83. The van der Waals surface area contributed by atoms with Crippen molar-refractivity contribution in [3.05, 3.63) is 29.8 Å². The number of hydrogen-bond donors (Lipinski definition) is 2. The summed E-state index contributed by atoms with van der Waals surface area (Å²) in [5.41, 5.74) is 1.16. The lowest BCUT2D eigenvalue weighted by atomic mass is 10.0. The summed E-state index contributed by atoms with van der Waals surface area (Å²) < 4.78 is 16.7. The van der Waals surface area contributed by atoms with Crippen molar-refractivity contribution in [3.63, 3.8) is 0 Å². The molecule has 28 heavy (non-hydrogen) atoms. The van der Waals surface area contributed by atoms with Crippen LogP contribution in [0.4, 0.5) is 0 Å². The second-order valence-corrected chi connectivity index (χ2v) is 7.65. The van der Waals surface area contributed by atoms with E-state index in [1.807, 2.05) is 19.2 Å². The molecule has 7 nitrogen and oxygen atoms in total. The van der Waals surface area contributed by atoms with E-state index in [2.05, 4.69) is 39.6 Å². The Kier molecular flexibility index (Phi) is 7.53. The van der Waals surface area contributed by atoms with Gasteiger partial charge in [0.25, 0.3) is 0 Å². The lowest BCUT2D eigenvalue weighted by Gasteiger charge is -2.35. The molecule has 0 bridgehead atoms. The van der Waals surface area contributed by atoms with E-state index in [9.17, 15) is 0 Å². The summed E-state index contributed by atoms with van der Waals surface area (Å²) in [6, 6.07) is 8.57. The van der Waals surface area contributed by atoms with E-state index in [4.69, 9.17) is 14.2 Å². The molecule has 0 aromatic heterocycles. The Balaban J connectivity index is 1.62. The van der Waals surface area contributed by atoms with Gasteiger partial charge < -0.3 is 24.8 Å². The van der Waals surface area contributed by atoms with Crippen molar-refractivity contribution < 1.29 is 14.2 Å². The van der Waals surface area contributed by atoms with Crippen molar-refractivity contribution in [2.24, 2.45) is 4.99 Å². The van der Waals surface area contributed by atoms with Gasteiger partial charge in [0.05, 0.1) is 32.0 Å². The number of nitrogens with zero attached hydrogens (tertiary/aromatic N) is 2. The molecular weight excluding hydrogens is 356 g/mol. The molecule has 2 heterocycles. The zero-order chi connectivity index (χ0) is 19.8. The molecule has 1 aromatic rings. The minimum atomic E-state index is -0.1000. The topological polar surface area (TPSA) is 67.4 Å². The first-order chi connectivity index (χ1) is 13.6. The molecule has 3 rings (SSSR count). The van der Waals surface area contributed by atoms with Gasteiger partial charge in [0.1, 0.15) is 5.75 Å². The molecule has 0 spiro atoms. The molecule has 2 fully saturated rings. The number of ether oxygens (including phenoxy) is 3. The molecule has 0 aliphatic carbocycles. The van der Waals surface area contributed by atoms with Gasteiger partial charge in [0.15, 0.2) is 5.96 Å². The standard InChI is InChI=1S/C21H34N4O3/c1-21(9-4-12-28-21)16-24-20(22-2)23-15-19(25-10-13-27-14-11-25)17-5-7-18(26-3)8-6-17/h5-8,19H,4,9-16H2,1-3H3,(H2,22,23,24). The summed E-state index contributed by atoms with van der Waals surface area (Å²) >= 11 is 0. The molecule has 2 N–H and O–H groups in total. The van der Waals surface area contributed by atoms with E-state index in [1.54, 1.807) is 7.11 Å². The number of nitrogens with one attached hydrogen (secondary N) is 2. The summed E-state index contributed by atoms with van der Waals surface area (Å²) in [6.45, 7) is 7.94. The van der Waals surface area contributed by atoms with Crippen LogP contribution in [0.2, 0.25) is 0 Å². The molecular formula is C21H34N4O3. The Morgan fingerprint density at radius 2 is 1.96 bits per heavy atom. The van der Waals surface area contributed by atoms with Crippen molar-refractivity contribution >= 4 is 5.96 Å². The fourth-order valence-electron chi connectivity index (χ4n) is 3.83. The molecule has 156 valence electrons. The van der Waals surface area contributed by atoms with Crippen molar-refractivity contribution in [1.29, 1.82) is 0 Å². The summed E-state index contributed by atoms with van der Waals surface area (Å²) in [5.74, 6) is 1.68. The Morgan fingerprint density at radius 1 is 1.21 bits per heavy atom. The van der Waals surface area contributed by atoms with Crippen molar-refractivity contribution in [3.8, 4) is 5.75 Å². The van der Waals surface area contributed by atoms with Crippen LogP contribution in [0.5, 0.6) is 5.75 Å². The van der Waals surface area contributed by atoms with Gasteiger partial charge in [0, 0.05) is 39.8 Å². The molecule has 1 aromatic carbocycles. The highest BCUT2D eigenvalue weighted by molar-refractivity contribution is 5.79. The normalized spacial score (nSPS) is 24.8. The van der Waals surface area contributed by atoms with Crippen LogP contribution >= 0.6 is 0 Å². The van der Waals surface area contributed by atoms with E-state index in [0.29, 0.717) is 0 Å². The molecule has 2 saturated heterocycles. The van der Waals surface area contributed by atoms with Crippen LogP contribution in [0.3, 0.4) is 0 Å². The van der Waals surface area contributed by atoms with Gasteiger partial charge in [-0.3, -0.25) is 9.89 Å². The second kappa shape index (κ2) is 10.1. The Morgan fingerprint density at radius 3 is 2.57 bits per heavy atom. The zero-order valence-electron chi connectivity index (χ0n) is 17.4. The quantitative estimate of drug-likeness (QED) is 0.547. The third-order valence-electron chi connectivity index (χ3n) is 5.60. The molecule has 0 saturated carbocycles. The van der Waals surface area contributed by atoms with E-state index >= 15 is 0 Å². The average Bonchev–Trinajstić information content (AvgIpc) is 3.18. The van der Waals surface area contributed by atoms with Crippen molar-refractivity contribution in [2.45, 2.75) is 31.4 Å². The van der Waals surface area contributed by atoms with E-state index < -0.39 is 0 Å². The smallest absolute Gasteiger partial charge is 0.191 e. The van der Waals surface area contributed by atoms with Crippen LogP contribution in [0.1, 0.15) is 31.4 Å².